The number of carbonyl (C=O) groups is 1. The molecule has 234 valence electrons. The van der Waals surface area contributed by atoms with E-state index in [4.69, 9.17) is 0 Å². The van der Waals surface area contributed by atoms with Crippen molar-refractivity contribution in [2.75, 3.05) is 0 Å². The lowest BCUT2D eigenvalue weighted by Gasteiger charge is -2.40. The molecule has 3 heteroatoms. The number of rotatable bonds is 12. The Morgan fingerprint density at radius 1 is 0.837 bits per heavy atom. The summed E-state index contributed by atoms with van der Waals surface area (Å²) in [7, 11) is 0. The highest BCUT2D eigenvalue weighted by molar-refractivity contribution is 5.73. The number of allylic oxidation sites excluding steroid dienone is 18. The summed E-state index contributed by atoms with van der Waals surface area (Å²) in [4.78, 5) is 11.7. The SMILES string of the molecule is CC1=C[C@H](O)CC(C)(C)[C@H]1CC/C(C=O)=C/C=C/C(C)=C/C=C/C=C(C)/C=C/C=C(C)/C=C/C1=C(C)C[C@@H](O)CC1(C)C. The number of carbonyl (C=O) groups excluding carboxylic acids is 1. The third-order valence-electron chi connectivity index (χ3n) is 8.76. The van der Waals surface area contributed by atoms with Gasteiger partial charge in [0.2, 0.25) is 0 Å². The van der Waals surface area contributed by atoms with E-state index in [1.807, 2.05) is 43.4 Å². The predicted molar refractivity (Wildman–Crippen MR) is 185 cm³/mol. The quantitative estimate of drug-likeness (QED) is 0.104. The minimum atomic E-state index is -0.367. The standard InChI is InChI=1S/C40H56O3/c1-29(16-12-17-31(3)20-22-37-32(4)24-35(42)26-39(37,6)7)14-10-11-15-30(2)18-13-19-34(28-41)21-23-38-33(5)25-36(43)27-40(38,8)9/h10-20,22,25,28,35-36,38,42-43H,21,23-24,26-27H2,1-9H3/b11-10+,16-12+,18-13+,22-20+,29-14+,30-15+,31-17+,34-19-/t35-,36+,38+/m1/s1. The second-order valence-electron chi connectivity index (χ2n) is 13.9. The second kappa shape index (κ2) is 16.7. The molecule has 0 spiro atoms. The maximum atomic E-state index is 11.7. The molecule has 0 amide bonds. The van der Waals surface area contributed by atoms with E-state index in [0.717, 1.165) is 55.1 Å². The minimum Gasteiger partial charge on any atom is -0.393 e. The molecule has 43 heavy (non-hydrogen) atoms. The number of hydrogen-bond acceptors (Lipinski definition) is 3. The Morgan fingerprint density at radius 2 is 1.40 bits per heavy atom. The van der Waals surface area contributed by atoms with Gasteiger partial charge in [-0.25, -0.2) is 0 Å². The molecule has 0 aromatic carbocycles. The van der Waals surface area contributed by atoms with Crippen LogP contribution in [0.1, 0.15) is 94.4 Å². The van der Waals surface area contributed by atoms with Crippen LogP contribution in [0.3, 0.4) is 0 Å². The maximum Gasteiger partial charge on any atom is 0.146 e. The lowest BCUT2D eigenvalue weighted by molar-refractivity contribution is -0.105. The molecule has 2 aliphatic rings. The number of hydrogen-bond donors (Lipinski definition) is 2. The molecule has 0 saturated heterocycles. The van der Waals surface area contributed by atoms with Crippen LogP contribution in [0.15, 0.2) is 118 Å². The summed E-state index contributed by atoms with van der Waals surface area (Å²) in [6.07, 6.45) is 31.1. The van der Waals surface area contributed by atoms with E-state index in [-0.39, 0.29) is 23.0 Å². The second-order valence-corrected chi connectivity index (χ2v) is 13.9. The molecule has 0 radical (unpaired) electrons. The maximum absolute atomic E-state index is 11.7. The first kappa shape index (κ1) is 36.2. The summed E-state index contributed by atoms with van der Waals surface area (Å²) < 4.78 is 0. The van der Waals surface area contributed by atoms with Gasteiger partial charge in [0.1, 0.15) is 6.29 Å². The normalized spacial score (nSPS) is 25.9. The highest BCUT2D eigenvalue weighted by Crippen LogP contribution is 2.44. The first-order valence-corrected chi connectivity index (χ1v) is 15.8. The van der Waals surface area contributed by atoms with Crippen molar-refractivity contribution in [1.82, 2.24) is 0 Å². The van der Waals surface area contributed by atoms with E-state index in [2.05, 4.69) is 97.9 Å². The van der Waals surface area contributed by atoms with Crippen LogP contribution in [-0.4, -0.2) is 28.7 Å². The average Bonchev–Trinajstić information content (AvgIpc) is 2.87. The molecule has 2 N–H and O–H groups in total. The van der Waals surface area contributed by atoms with Crippen molar-refractivity contribution in [3.8, 4) is 0 Å². The van der Waals surface area contributed by atoms with Crippen molar-refractivity contribution in [1.29, 1.82) is 0 Å². The van der Waals surface area contributed by atoms with E-state index in [9.17, 15) is 15.0 Å². The van der Waals surface area contributed by atoms with E-state index >= 15 is 0 Å². The van der Waals surface area contributed by atoms with Gasteiger partial charge in [-0.15, -0.1) is 0 Å². The van der Waals surface area contributed by atoms with Crippen molar-refractivity contribution >= 4 is 6.29 Å². The Balaban J connectivity index is 1.89. The van der Waals surface area contributed by atoms with Crippen LogP contribution in [0.2, 0.25) is 0 Å². The fourth-order valence-electron chi connectivity index (χ4n) is 6.54. The largest absolute Gasteiger partial charge is 0.393 e. The van der Waals surface area contributed by atoms with Gasteiger partial charge in [-0.05, 0) is 94.6 Å². The summed E-state index contributed by atoms with van der Waals surface area (Å²) in [5.74, 6) is 0.371. The van der Waals surface area contributed by atoms with Crippen molar-refractivity contribution in [2.24, 2.45) is 16.7 Å². The number of aliphatic hydroxyl groups excluding tert-OH is 2. The molecule has 0 aromatic heterocycles. The summed E-state index contributed by atoms with van der Waals surface area (Å²) in [6.45, 7) is 19.3. The van der Waals surface area contributed by atoms with Crippen LogP contribution >= 0.6 is 0 Å². The fourth-order valence-corrected chi connectivity index (χ4v) is 6.54. The minimum absolute atomic E-state index is 0.00646. The number of aliphatic hydroxyl groups is 2. The van der Waals surface area contributed by atoms with Gasteiger partial charge in [0, 0.05) is 0 Å². The topological polar surface area (TPSA) is 57.5 Å². The Kier molecular flexibility index (Phi) is 14.1. The summed E-state index contributed by atoms with van der Waals surface area (Å²) >= 11 is 0. The third-order valence-corrected chi connectivity index (χ3v) is 8.76. The van der Waals surface area contributed by atoms with Gasteiger partial charge in [0.05, 0.1) is 12.2 Å². The molecular weight excluding hydrogens is 528 g/mol. The fraction of sp³-hybridized carbons (Fsp3) is 0.475. The molecule has 0 bridgehead atoms. The van der Waals surface area contributed by atoms with Crippen molar-refractivity contribution in [2.45, 2.75) is 107 Å². The van der Waals surface area contributed by atoms with Crippen LogP contribution in [0.4, 0.5) is 0 Å². The van der Waals surface area contributed by atoms with Crippen LogP contribution in [0.5, 0.6) is 0 Å². The Labute approximate surface area is 262 Å². The molecule has 3 atom stereocenters. The van der Waals surface area contributed by atoms with Gasteiger partial charge in [-0.1, -0.05) is 135 Å². The van der Waals surface area contributed by atoms with Crippen LogP contribution in [0, 0.1) is 16.7 Å². The molecular formula is C40H56O3. The Morgan fingerprint density at radius 3 is 1.95 bits per heavy atom. The van der Waals surface area contributed by atoms with Gasteiger partial charge in [0.15, 0.2) is 0 Å². The van der Waals surface area contributed by atoms with Gasteiger partial charge in [-0.2, -0.15) is 0 Å². The van der Waals surface area contributed by atoms with Crippen molar-refractivity contribution < 1.29 is 15.0 Å². The summed E-state index contributed by atoms with van der Waals surface area (Å²) in [5, 5.41) is 20.2. The van der Waals surface area contributed by atoms with E-state index in [0.29, 0.717) is 5.92 Å². The molecule has 3 nitrogen and oxygen atoms in total. The van der Waals surface area contributed by atoms with Gasteiger partial charge in [-0.3, -0.25) is 4.79 Å². The third kappa shape index (κ3) is 12.3. The first-order valence-electron chi connectivity index (χ1n) is 15.8. The highest BCUT2D eigenvalue weighted by atomic mass is 16.3. The first-order chi connectivity index (χ1) is 20.1. The zero-order valence-corrected chi connectivity index (χ0v) is 28.2. The molecule has 0 aromatic rings. The van der Waals surface area contributed by atoms with Crippen LogP contribution in [-0.2, 0) is 4.79 Å². The van der Waals surface area contributed by atoms with Gasteiger partial charge in [0.25, 0.3) is 0 Å². The van der Waals surface area contributed by atoms with E-state index < -0.39 is 0 Å². The molecule has 0 saturated carbocycles. The monoisotopic (exact) mass is 584 g/mol. The average molecular weight is 585 g/mol. The number of aldehydes is 1. The van der Waals surface area contributed by atoms with Crippen molar-refractivity contribution in [3.05, 3.63) is 118 Å². The molecule has 0 aliphatic heterocycles. The van der Waals surface area contributed by atoms with Crippen LogP contribution < -0.4 is 0 Å². The predicted octanol–water partition coefficient (Wildman–Crippen LogP) is 9.81. The molecule has 0 heterocycles. The van der Waals surface area contributed by atoms with Gasteiger partial charge >= 0.3 is 0 Å². The van der Waals surface area contributed by atoms with Crippen LogP contribution in [0.25, 0.3) is 0 Å². The molecule has 0 fully saturated rings. The lowest BCUT2D eigenvalue weighted by atomic mass is 9.66. The Hall–Kier alpha value is -3.01. The zero-order chi connectivity index (χ0) is 32.2. The van der Waals surface area contributed by atoms with Gasteiger partial charge < -0.3 is 10.2 Å². The smallest absolute Gasteiger partial charge is 0.146 e. The highest BCUT2D eigenvalue weighted by Gasteiger charge is 2.35. The summed E-state index contributed by atoms with van der Waals surface area (Å²) in [5.41, 5.74) is 8.10. The zero-order valence-electron chi connectivity index (χ0n) is 28.2. The molecule has 2 aliphatic carbocycles. The van der Waals surface area contributed by atoms with Crippen molar-refractivity contribution in [3.63, 3.8) is 0 Å². The molecule has 0 unspecified atom stereocenters. The molecule has 2 rings (SSSR count). The van der Waals surface area contributed by atoms with E-state index in [1.54, 1.807) is 0 Å². The van der Waals surface area contributed by atoms with E-state index in [1.165, 1.54) is 22.3 Å². The Bertz CT molecular complexity index is 1280. The lowest BCUT2D eigenvalue weighted by Crippen LogP contribution is -2.33. The summed E-state index contributed by atoms with van der Waals surface area (Å²) in [6, 6.07) is 0.